The minimum Gasteiger partial charge on any atom is -0.420 e. The van der Waals surface area contributed by atoms with Crippen molar-refractivity contribution in [2.75, 3.05) is 19.5 Å². The molecule has 1 aromatic heterocycles. The lowest BCUT2D eigenvalue weighted by atomic mass is 10.2. The highest BCUT2D eigenvalue weighted by molar-refractivity contribution is 7.62. The van der Waals surface area contributed by atoms with Crippen LogP contribution in [0.15, 0.2) is 59.0 Å². The Bertz CT molecular complexity index is 905. The maximum absolute atomic E-state index is 12.9. The van der Waals surface area contributed by atoms with Crippen molar-refractivity contribution >= 4 is 30.5 Å². The topological polar surface area (TPSA) is 73.6 Å². The Morgan fingerprint density at radius 1 is 1.08 bits per heavy atom. The number of anilines is 1. The van der Waals surface area contributed by atoms with Gasteiger partial charge in [0.05, 0.1) is 0 Å². The molecular weight excluding hydrogens is 375 g/mol. The van der Waals surface area contributed by atoms with Crippen LogP contribution in [0.5, 0.6) is 0 Å². The summed E-state index contributed by atoms with van der Waals surface area (Å²) in [5.41, 5.74) is 1.83. The molecule has 136 valence electrons. The zero-order chi connectivity index (χ0) is 18.6. The van der Waals surface area contributed by atoms with Crippen LogP contribution in [0.3, 0.4) is 0 Å². The van der Waals surface area contributed by atoms with Crippen LogP contribution >= 0.6 is 19.2 Å². The molecule has 26 heavy (non-hydrogen) atoms. The van der Waals surface area contributed by atoms with Crippen LogP contribution in [-0.4, -0.2) is 19.2 Å². The zero-order valence-electron chi connectivity index (χ0n) is 14.3. The smallest absolute Gasteiger partial charge is 0.384 e. The molecule has 6 nitrogen and oxygen atoms in total. The molecular formula is C18H18ClN2O4P. The summed E-state index contributed by atoms with van der Waals surface area (Å²) in [7, 11) is -0.980. The summed E-state index contributed by atoms with van der Waals surface area (Å²) < 4.78 is 28.8. The standard InChI is InChI=1S/C18H18ClN2O4P/c1-23-26(22,24-2)18-17(20-12-13-6-4-3-5-7-13)25-16(21-18)14-8-10-15(19)11-9-14/h3-11,20H,12H2,1-2H3. The van der Waals surface area contributed by atoms with Gasteiger partial charge in [0.15, 0.2) is 0 Å². The number of nitrogens with zero attached hydrogens (tertiary/aromatic N) is 1. The van der Waals surface area contributed by atoms with E-state index in [1.165, 1.54) is 14.2 Å². The number of benzene rings is 2. The monoisotopic (exact) mass is 392 g/mol. The third kappa shape index (κ3) is 4.00. The molecule has 0 unspecified atom stereocenters. The normalized spacial score (nSPS) is 11.5. The Labute approximate surface area is 156 Å². The first kappa shape index (κ1) is 18.7. The second kappa shape index (κ2) is 8.06. The van der Waals surface area contributed by atoms with E-state index in [1.807, 2.05) is 30.3 Å². The SMILES string of the molecule is COP(=O)(OC)c1nc(-c2ccc(Cl)cc2)oc1NCc1ccccc1. The average molecular weight is 393 g/mol. The Morgan fingerprint density at radius 2 is 1.73 bits per heavy atom. The van der Waals surface area contributed by atoms with E-state index in [4.69, 9.17) is 25.1 Å². The molecule has 0 bridgehead atoms. The molecule has 0 saturated heterocycles. The predicted molar refractivity (Wildman–Crippen MR) is 102 cm³/mol. The van der Waals surface area contributed by atoms with Crippen LogP contribution in [0.1, 0.15) is 5.56 Å². The van der Waals surface area contributed by atoms with Gasteiger partial charge in [0.25, 0.3) is 0 Å². The number of nitrogens with one attached hydrogen (secondary N) is 1. The van der Waals surface area contributed by atoms with Gasteiger partial charge in [-0.1, -0.05) is 41.9 Å². The summed E-state index contributed by atoms with van der Waals surface area (Å²) in [5.74, 6) is 0.535. The number of aromatic nitrogens is 1. The summed E-state index contributed by atoms with van der Waals surface area (Å²) in [4.78, 5) is 4.35. The molecule has 3 aromatic rings. The van der Waals surface area contributed by atoms with Crippen LogP contribution in [0.4, 0.5) is 5.88 Å². The minimum atomic E-state index is -3.59. The van der Waals surface area contributed by atoms with E-state index >= 15 is 0 Å². The average Bonchev–Trinajstić information content (AvgIpc) is 3.12. The van der Waals surface area contributed by atoms with E-state index in [0.717, 1.165) is 5.56 Å². The summed E-state index contributed by atoms with van der Waals surface area (Å²) in [5, 5.41) is 3.72. The molecule has 0 radical (unpaired) electrons. The van der Waals surface area contributed by atoms with Crippen molar-refractivity contribution < 1.29 is 18.0 Å². The lowest BCUT2D eigenvalue weighted by Crippen LogP contribution is -2.14. The highest BCUT2D eigenvalue weighted by atomic mass is 35.5. The van der Waals surface area contributed by atoms with Crippen molar-refractivity contribution in [2.24, 2.45) is 0 Å². The second-order valence-electron chi connectivity index (χ2n) is 5.38. The predicted octanol–water partition coefficient (Wildman–Crippen LogP) is 4.72. The van der Waals surface area contributed by atoms with Crippen molar-refractivity contribution in [2.45, 2.75) is 6.54 Å². The summed E-state index contributed by atoms with van der Waals surface area (Å²) >= 11 is 5.92. The van der Waals surface area contributed by atoms with Crippen molar-refractivity contribution in [1.82, 2.24) is 4.98 Å². The fourth-order valence-electron chi connectivity index (χ4n) is 2.35. The summed E-state index contributed by atoms with van der Waals surface area (Å²) in [6.45, 7) is 0.469. The molecule has 0 aliphatic heterocycles. The molecule has 0 atom stereocenters. The van der Waals surface area contributed by atoms with Gasteiger partial charge in [0, 0.05) is 31.4 Å². The van der Waals surface area contributed by atoms with Crippen LogP contribution in [0, 0.1) is 0 Å². The van der Waals surface area contributed by atoms with Gasteiger partial charge < -0.3 is 18.8 Å². The van der Waals surface area contributed by atoms with Gasteiger partial charge in [0.1, 0.15) is 0 Å². The first-order valence-electron chi connectivity index (χ1n) is 7.82. The fraction of sp³-hybridized carbons (Fsp3) is 0.167. The van der Waals surface area contributed by atoms with Gasteiger partial charge in [-0.15, -0.1) is 0 Å². The van der Waals surface area contributed by atoms with E-state index < -0.39 is 7.60 Å². The van der Waals surface area contributed by atoms with Crippen molar-refractivity contribution in [3.63, 3.8) is 0 Å². The van der Waals surface area contributed by atoms with Crippen LogP contribution in [0.25, 0.3) is 11.5 Å². The van der Waals surface area contributed by atoms with Gasteiger partial charge in [-0.2, -0.15) is 4.98 Å². The molecule has 0 aliphatic rings. The number of oxazole rings is 1. The number of hydrogen-bond acceptors (Lipinski definition) is 6. The molecule has 0 saturated carbocycles. The number of halogens is 1. The van der Waals surface area contributed by atoms with Gasteiger partial charge in [0.2, 0.25) is 17.2 Å². The Balaban J connectivity index is 1.97. The molecule has 0 aliphatic carbocycles. The number of hydrogen-bond donors (Lipinski definition) is 1. The first-order valence-corrected chi connectivity index (χ1v) is 9.74. The highest BCUT2D eigenvalue weighted by Gasteiger charge is 2.34. The largest absolute Gasteiger partial charge is 0.420 e. The Hall–Kier alpha value is -2.11. The molecule has 1 heterocycles. The minimum absolute atomic E-state index is 0.100. The number of rotatable bonds is 7. The zero-order valence-corrected chi connectivity index (χ0v) is 16.0. The van der Waals surface area contributed by atoms with Gasteiger partial charge >= 0.3 is 7.60 Å². The van der Waals surface area contributed by atoms with Crippen LogP contribution < -0.4 is 10.8 Å². The quantitative estimate of drug-likeness (QED) is 0.586. The maximum Gasteiger partial charge on any atom is 0.384 e. The molecule has 0 fully saturated rings. The van der Waals surface area contributed by atoms with Gasteiger partial charge in [-0.25, -0.2) is 0 Å². The third-order valence-electron chi connectivity index (χ3n) is 3.74. The lowest BCUT2D eigenvalue weighted by molar-refractivity contribution is 0.286. The van der Waals surface area contributed by atoms with Crippen molar-refractivity contribution in [3.05, 3.63) is 65.2 Å². The maximum atomic E-state index is 12.9. The first-order chi connectivity index (χ1) is 12.6. The summed E-state index contributed by atoms with van der Waals surface area (Å²) in [6, 6.07) is 16.7. The van der Waals surface area contributed by atoms with E-state index in [0.29, 0.717) is 23.0 Å². The third-order valence-corrected chi connectivity index (χ3v) is 5.77. The van der Waals surface area contributed by atoms with E-state index in [1.54, 1.807) is 24.3 Å². The Kier molecular flexibility index (Phi) is 5.79. The molecule has 0 spiro atoms. The van der Waals surface area contributed by atoms with Crippen LogP contribution in [-0.2, 0) is 20.2 Å². The van der Waals surface area contributed by atoms with Gasteiger partial charge in [-0.3, -0.25) is 4.57 Å². The Morgan fingerprint density at radius 3 is 2.35 bits per heavy atom. The molecule has 2 aromatic carbocycles. The van der Waals surface area contributed by atoms with E-state index in [9.17, 15) is 4.57 Å². The molecule has 8 heteroatoms. The highest BCUT2D eigenvalue weighted by Crippen LogP contribution is 2.47. The molecule has 1 N–H and O–H groups in total. The molecule has 0 amide bonds. The second-order valence-corrected chi connectivity index (χ2v) is 7.97. The van der Waals surface area contributed by atoms with Gasteiger partial charge in [-0.05, 0) is 29.8 Å². The van der Waals surface area contributed by atoms with E-state index in [2.05, 4.69) is 10.3 Å². The summed E-state index contributed by atoms with van der Waals surface area (Å²) in [6.07, 6.45) is 0. The van der Waals surface area contributed by atoms with Crippen LogP contribution in [0.2, 0.25) is 5.02 Å². The van der Waals surface area contributed by atoms with Crippen molar-refractivity contribution in [1.29, 1.82) is 0 Å². The molecule has 3 rings (SSSR count). The van der Waals surface area contributed by atoms with Crippen molar-refractivity contribution in [3.8, 4) is 11.5 Å². The van der Waals surface area contributed by atoms with E-state index in [-0.39, 0.29) is 11.3 Å². The lowest BCUT2D eigenvalue weighted by Gasteiger charge is -2.12. The fourth-order valence-corrected chi connectivity index (χ4v) is 3.56.